The molecule has 0 spiro atoms. The Bertz CT molecular complexity index is 636. The Balaban J connectivity index is 1.95. The van der Waals surface area contributed by atoms with Crippen molar-refractivity contribution in [2.45, 2.75) is 13.8 Å². The maximum atomic E-state index is 11.5. The number of oxime groups is 1. The number of rotatable bonds is 3. The molecule has 2 aromatic rings. The molecular formula is C12H11ClN4O3. The summed E-state index contributed by atoms with van der Waals surface area (Å²) in [5.41, 5.74) is 1.93. The Kier molecular flexibility index (Phi) is 4.31. The third kappa shape index (κ3) is 3.55. The number of nitrogens with one attached hydrogen (secondary N) is 1. The maximum Gasteiger partial charge on any atom is 0.437 e. The summed E-state index contributed by atoms with van der Waals surface area (Å²) < 4.78 is 4.53. The number of hydrogen-bond donors (Lipinski definition) is 1. The number of hydrogen-bond acceptors (Lipinski definition) is 6. The number of aryl methyl sites for hydroxylation is 1. The zero-order valence-corrected chi connectivity index (χ0v) is 11.5. The number of anilines is 1. The predicted molar refractivity (Wildman–Crippen MR) is 72.8 cm³/mol. The minimum absolute atomic E-state index is 0.384. The van der Waals surface area contributed by atoms with E-state index in [-0.39, 0.29) is 0 Å². The van der Waals surface area contributed by atoms with Crippen molar-refractivity contribution in [1.29, 1.82) is 0 Å². The quantitative estimate of drug-likeness (QED) is 0.534. The van der Waals surface area contributed by atoms with Crippen LogP contribution in [0.4, 0.5) is 10.5 Å². The minimum Gasteiger partial charge on any atom is -0.297 e. The van der Waals surface area contributed by atoms with Gasteiger partial charge in [-0.3, -0.25) is 10.2 Å². The Morgan fingerprint density at radius 3 is 2.65 bits per heavy atom. The van der Waals surface area contributed by atoms with E-state index in [1.165, 1.54) is 0 Å². The smallest absolute Gasteiger partial charge is 0.297 e. The van der Waals surface area contributed by atoms with Crippen LogP contribution in [0.1, 0.15) is 18.3 Å². The monoisotopic (exact) mass is 294 g/mol. The van der Waals surface area contributed by atoms with Gasteiger partial charge in [0, 0.05) is 10.7 Å². The SMILES string of the molecule is CC(=NOC(=O)Nc1ccc(Cl)cc1)c1nonc1C. The molecule has 0 aliphatic carbocycles. The first kappa shape index (κ1) is 14.0. The summed E-state index contributed by atoms with van der Waals surface area (Å²) in [5.74, 6) is 0. The molecule has 1 aromatic carbocycles. The molecule has 2 rings (SSSR count). The van der Waals surface area contributed by atoms with E-state index in [0.717, 1.165) is 0 Å². The molecule has 0 saturated heterocycles. The number of amides is 1. The van der Waals surface area contributed by atoms with Crippen LogP contribution in [0.15, 0.2) is 34.1 Å². The van der Waals surface area contributed by atoms with Crippen molar-refractivity contribution in [3.05, 3.63) is 40.7 Å². The van der Waals surface area contributed by atoms with Crippen LogP contribution in [0, 0.1) is 6.92 Å². The Morgan fingerprint density at radius 2 is 2.05 bits per heavy atom. The second-order valence-electron chi connectivity index (χ2n) is 3.89. The van der Waals surface area contributed by atoms with Gasteiger partial charge in [0.2, 0.25) is 0 Å². The van der Waals surface area contributed by atoms with Crippen LogP contribution in [0.3, 0.4) is 0 Å². The Hall–Kier alpha value is -2.41. The lowest BCUT2D eigenvalue weighted by Crippen LogP contribution is -2.12. The van der Waals surface area contributed by atoms with Crippen molar-refractivity contribution in [1.82, 2.24) is 10.3 Å². The zero-order chi connectivity index (χ0) is 14.5. The summed E-state index contributed by atoms with van der Waals surface area (Å²) in [6.45, 7) is 3.33. The van der Waals surface area contributed by atoms with E-state index in [1.54, 1.807) is 38.1 Å². The second kappa shape index (κ2) is 6.16. The molecule has 104 valence electrons. The van der Waals surface area contributed by atoms with E-state index >= 15 is 0 Å². The molecule has 0 aliphatic heterocycles. The van der Waals surface area contributed by atoms with Crippen LogP contribution < -0.4 is 5.32 Å². The van der Waals surface area contributed by atoms with Crippen LogP contribution in [0.5, 0.6) is 0 Å². The number of benzene rings is 1. The third-order valence-corrected chi connectivity index (χ3v) is 2.60. The van der Waals surface area contributed by atoms with Gasteiger partial charge >= 0.3 is 6.09 Å². The fourth-order valence-corrected chi connectivity index (χ4v) is 1.51. The summed E-state index contributed by atoms with van der Waals surface area (Å²) in [5, 5.41) is 14.0. The van der Waals surface area contributed by atoms with Gasteiger partial charge in [-0.05, 0) is 43.3 Å². The number of aromatic nitrogens is 2. The second-order valence-corrected chi connectivity index (χ2v) is 4.32. The van der Waals surface area contributed by atoms with E-state index < -0.39 is 6.09 Å². The lowest BCUT2D eigenvalue weighted by molar-refractivity contribution is 0.166. The summed E-state index contributed by atoms with van der Waals surface area (Å²) in [6.07, 6.45) is -0.722. The van der Waals surface area contributed by atoms with Gasteiger partial charge < -0.3 is 0 Å². The van der Waals surface area contributed by atoms with Gasteiger partial charge in [0.25, 0.3) is 0 Å². The molecule has 7 nitrogen and oxygen atoms in total. The third-order valence-electron chi connectivity index (χ3n) is 2.35. The highest BCUT2D eigenvalue weighted by Crippen LogP contribution is 2.13. The summed E-state index contributed by atoms with van der Waals surface area (Å²) in [7, 11) is 0. The Morgan fingerprint density at radius 1 is 1.35 bits per heavy atom. The lowest BCUT2D eigenvalue weighted by atomic mass is 10.2. The van der Waals surface area contributed by atoms with Crippen LogP contribution in [0.2, 0.25) is 5.02 Å². The number of nitrogens with zero attached hydrogens (tertiary/aromatic N) is 3. The van der Waals surface area contributed by atoms with Crippen molar-refractivity contribution >= 4 is 29.1 Å². The number of halogens is 1. The van der Waals surface area contributed by atoms with Crippen molar-refractivity contribution in [2.24, 2.45) is 5.16 Å². The van der Waals surface area contributed by atoms with E-state index in [1.807, 2.05) is 0 Å². The molecule has 0 bridgehead atoms. The molecule has 0 aliphatic rings. The highest BCUT2D eigenvalue weighted by molar-refractivity contribution is 6.30. The van der Waals surface area contributed by atoms with Gasteiger partial charge in [-0.2, -0.15) is 0 Å². The average molecular weight is 295 g/mol. The minimum atomic E-state index is -0.722. The van der Waals surface area contributed by atoms with E-state index in [0.29, 0.717) is 27.8 Å². The number of carbonyl (C=O) groups excluding carboxylic acids is 1. The van der Waals surface area contributed by atoms with E-state index in [9.17, 15) is 4.79 Å². The van der Waals surface area contributed by atoms with Gasteiger partial charge in [0.15, 0.2) is 5.69 Å². The fourth-order valence-electron chi connectivity index (χ4n) is 1.39. The van der Waals surface area contributed by atoms with Gasteiger partial charge in [-0.15, -0.1) is 0 Å². The fraction of sp³-hybridized carbons (Fsp3) is 0.167. The Labute approximate surface area is 119 Å². The van der Waals surface area contributed by atoms with Gasteiger partial charge in [0.1, 0.15) is 11.4 Å². The normalized spacial score (nSPS) is 11.2. The molecule has 0 radical (unpaired) electrons. The zero-order valence-electron chi connectivity index (χ0n) is 10.8. The molecule has 1 amide bonds. The largest absolute Gasteiger partial charge is 0.437 e. The summed E-state index contributed by atoms with van der Waals surface area (Å²) >= 11 is 5.74. The van der Waals surface area contributed by atoms with Crippen LogP contribution >= 0.6 is 11.6 Å². The van der Waals surface area contributed by atoms with Crippen molar-refractivity contribution in [3.63, 3.8) is 0 Å². The van der Waals surface area contributed by atoms with E-state index in [4.69, 9.17) is 16.4 Å². The van der Waals surface area contributed by atoms with Crippen LogP contribution in [-0.4, -0.2) is 22.1 Å². The molecule has 0 atom stereocenters. The van der Waals surface area contributed by atoms with Crippen molar-refractivity contribution in [2.75, 3.05) is 5.32 Å². The molecule has 20 heavy (non-hydrogen) atoms. The van der Waals surface area contributed by atoms with Crippen molar-refractivity contribution in [3.8, 4) is 0 Å². The highest BCUT2D eigenvalue weighted by Gasteiger charge is 2.10. The average Bonchev–Trinajstić information content (AvgIpc) is 2.85. The standard InChI is InChI=1S/C12H11ClN4O3/c1-7(11-8(2)16-20-17-11)15-19-12(18)14-10-5-3-9(13)4-6-10/h3-6H,1-2H3,(H,14,18). The highest BCUT2D eigenvalue weighted by atomic mass is 35.5. The number of carbonyl (C=O) groups is 1. The molecule has 0 saturated carbocycles. The summed E-state index contributed by atoms with van der Waals surface area (Å²) in [4.78, 5) is 16.2. The molecule has 0 fully saturated rings. The molecule has 8 heteroatoms. The molecular weight excluding hydrogens is 284 g/mol. The molecule has 1 aromatic heterocycles. The topological polar surface area (TPSA) is 89.6 Å². The summed E-state index contributed by atoms with van der Waals surface area (Å²) in [6, 6.07) is 6.59. The molecule has 0 unspecified atom stereocenters. The predicted octanol–water partition coefficient (Wildman–Crippen LogP) is 3.00. The van der Waals surface area contributed by atoms with Gasteiger partial charge in [-0.1, -0.05) is 21.9 Å². The molecule has 1 heterocycles. The first-order valence-corrected chi connectivity index (χ1v) is 6.02. The lowest BCUT2D eigenvalue weighted by Gasteiger charge is -2.02. The first-order chi connectivity index (χ1) is 9.56. The van der Waals surface area contributed by atoms with Gasteiger partial charge in [-0.25, -0.2) is 9.42 Å². The molecule has 1 N–H and O–H groups in total. The maximum absolute atomic E-state index is 11.5. The van der Waals surface area contributed by atoms with Gasteiger partial charge in [0.05, 0.1) is 0 Å². The van der Waals surface area contributed by atoms with Crippen LogP contribution in [0.25, 0.3) is 0 Å². The van der Waals surface area contributed by atoms with Crippen molar-refractivity contribution < 1.29 is 14.3 Å². The van der Waals surface area contributed by atoms with Crippen LogP contribution in [-0.2, 0) is 4.84 Å². The first-order valence-electron chi connectivity index (χ1n) is 5.64. The van der Waals surface area contributed by atoms with E-state index in [2.05, 4.69) is 25.4 Å².